The third-order valence-electron chi connectivity index (χ3n) is 3.09. The zero-order valence-corrected chi connectivity index (χ0v) is 13.5. The van der Waals surface area contributed by atoms with E-state index in [2.05, 4.69) is 39.2 Å². The molecule has 0 radical (unpaired) electrons. The van der Waals surface area contributed by atoms with E-state index >= 15 is 0 Å². The van der Waals surface area contributed by atoms with Crippen LogP contribution in [-0.4, -0.2) is 35.5 Å². The van der Waals surface area contributed by atoms with Gasteiger partial charge in [-0.2, -0.15) is 0 Å². The highest BCUT2D eigenvalue weighted by atomic mass is 16.3. The fourth-order valence-corrected chi connectivity index (χ4v) is 1.50. The molecule has 0 aliphatic carbocycles. The zero-order valence-electron chi connectivity index (χ0n) is 13.5. The van der Waals surface area contributed by atoms with Crippen LogP contribution in [0.1, 0.15) is 41.5 Å². The molecular formula is C16H33NO2. The summed E-state index contributed by atoms with van der Waals surface area (Å²) in [6.45, 7) is 20.2. The van der Waals surface area contributed by atoms with E-state index < -0.39 is 6.10 Å². The smallest absolute Gasteiger partial charge is 0.0819 e. The van der Waals surface area contributed by atoms with Crippen molar-refractivity contribution in [3.8, 4) is 0 Å². The molecule has 0 spiro atoms. The highest BCUT2D eigenvalue weighted by molar-refractivity contribution is 5.08. The third kappa shape index (κ3) is 8.19. The molecule has 3 atom stereocenters. The van der Waals surface area contributed by atoms with E-state index in [1.165, 1.54) is 0 Å². The Morgan fingerprint density at radius 3 is 2.11 bits per heavy atom. The van der Waals surface area contributed by atoms with Crippen LogP contribution in [0.2, 0.25) is 0 Å². The second-order valence-corrected chi connectivity index (χ2v) is 5.68. The van der Waals surface area contributed by atoms with Gasteiger partial charge in [-0.3, -0.25) is 0 Å². The molecule has 114 valence electrons. The van der Waals surface area contributed by atoms with Gasteiger partial charge in [0.2, 0.25) is 0 Å². The number of aliphatic hydroxyl groups is 2. The number of aliphatic hydroxyl groups excluding tert-OH is 2. The van der Waals surface area contributed by atoms with Gasteiger partial charge in [0.25, 0.3) is 0 Å². The van der Waals surface area contributed by atoms with Crippen LogP contribution in [0.5, 0.6) is 0 Å². The van der Waals surface area contributed by atoms with Crippen molar-refractivity contribution >= 4 is 0 Å². The fraction of sp³-hybridized carbons (Fsp3) is 0.750. The van der Waals surface area contributed by atoms with Crippen LogP contribution in [0.3, 0.4) is 0 Å². The zero-order chi connectivity index (χ0) is 15.6. The predicted octanol–water partition coefficient (Wildman–Crippen LogP) is 2.75. The Balaban J connectivity index is 0. The summed E-state index contributed by atoms with van der Waals surface area (Å²) in [6, 6.07) is -0.00881. The van der Waals surface area contributed by atoms with Crippen molar-refractivity contribution in [3.63, 3.8) is 0 Å². The Morgan fingerprint density at radius 2 is 1.79 bits per heavy atom. The van der Waals surface area contributed by atoms with Gasteiger partial charge < -0.3 is 15.5 Å². The summed E-state index contributed by atoms with van der Waals surface area (Å²) in [6.07, 6.45) is 1.13. The van der Waals surface area contributed by atoms with Gasteiger partial charge in [0.1, 0.15) is 0 Å². The van der Waals surface area contributed by atoms with E-state index in [-0.39, 0.29) is 24.0 Å². The van der Waals surface area contributed by atoms with Gasteiger partial charge in [-0.05, 0) is 11.0 Å². The average Bonchev–Trinajstić information content (AvgIpc) is 2.38. The van der Waals surface area contributed by atoms with E-state index in [9.17, 15) is 10.2 Å². The molecule has 3 unspecified atom stereocenters. The molecule has 0 saturated carbocycles. The lowest BCUT2D eigenvalue weighted by atomic mass is 9.87. The monoisotopic (exact) mass is 271 g/mol. The van der Waals surface area contributed by atoms with E-state index in [0.29, 0.717) is 6.54 Å². The summed E-state index contributed by atoms with van der Waals surface area (Å²) >= 11 is 0. The molecule has 0 aromatic carbocycles. The van der Waals surface area contributed by atoms with Gasteiger partial charge in [-0.15, -0.1) is 6.58 Å². The molecule has 3 heteroatoms. The van der Waals surface area contributed by atoms with Crippen molar-refractivity contribution in [2.75, 3.05) is 13.2 Å². The van der Waals surface area contributed by atoms with Gasteiger partial charge in [0, 0.05) is 18.5 Å². The molecule has 3 N–H and O–H groups in total. The summed E-state index contributed by atoms with van der Waals surface area (Å²) in [4.78, 5) is 0. The number of rotatable bonds is 7. The SMILES string of the molecule is C=CC(C)C(O)C(=C)CNC(CO)C(C)(C)C.CC. The van der Waals surface area contributed by atoms with Crippen LogP contribution in [0, 0.1) is 11.3 Å². The van der Waals surface area contributed by atoms with Crippen LogP contribution in [0.25, 0.3) is 0 Å². The molecule has 3 nitrogen and oxygen atoms in total. The minimum atomic E-state index is -0.584. The molecule has 0 saturated heterocycles. The van der Waals surface area contributed by atoms with Crippen molar-refractivity contribution in [2.24, 2.45) is 11.3 Å². The summed E-state index contributed by atoms with van der Waals surface area (Å²) in [5, 5.41) is 22.4. The normalized spacial score (nSPS) is 15.8. The molecule has 0 fully saturated rings. The van der Waals surface area contributed by atoms with Crippen molar-refractivity contribution in [1.29, 1.82) is 0 Å². The molecule has 0 heterocycles. The number of hydrogen-bond donors (Lipinski definition) is 3. The minimum Gasteiger partial charge on any atom is -0.395 e. The standard InChI is InChI=1S/C14H27NO2.C2H6/c1-7-10(2)13(17)11(3)8-15-12(9-16)14(4,5)6;1-2/h7,10,12-13,15-17H,1,3,8-9H2,2,4-6H3;1-2H3. The first-order valence-corrected chi connectivity index (χ1v) is 7.06. The number of nitrogens with one attached hydrogen (secondary N) is 1. The van der Waals surface area contributed by atoms with Crippen LogP contribution in [0.15, 0.2) is 24.8 Å². The molecular weight excluding hydrogens is 238 g/mol. The molecule has 0 aromatic heterocycles. The molecule has 0 aromatic rings. The van der Waals surface area contributed by atoms with Crippen molar-refractivity contribution < 1.29 is 10.2 Å². The first kappa shape index (κ1) is 20.7. The van der Waals surface area contributed by atoms with Crippen LogP contribution in [0.4, 0.5) is 0 Å². The summed E-state index contributed by atoms with van der Waals surface area (Å²) in [5.41, 5.74) is 0.699. The van der Waals surface area contributed by atoms with Crippen LogP contribution in [-0.2, 0) is 0 Å². The Kier molecular flexibility index (Phi) is 11.1. The van der Waals surface area contributed by atoms with Gasteiger partial charge in [0.05, 0.1) is 12.7 Å². The lowest BCUT2D eigenvalue weighted by Crippen LogP contribution is -2.44. The fourth-order valence-electron chi connectivity index (χ4n) is 1.50. The largest absolute Gasteiger partial charge is 0.395 e. The lowest BCUT2D eigenvalue weighted by Gasteiger charge is -2.31. The minimum absolute atomic E-state index is 0.00786. The topological polar surface area (TPSA) is 52.5 Å². The maximum Gasteiger partial charge on any atom is 0.0819 e. The highest BCUT2D eigenvalue weighted by Gasteiger charge is 2.24. The van der Waals surface area contributed by atoms with E-state index in [1.54, 1.807) is 6.08 Å². The first-order valence-electron chi connectivity index (χ1n) is 7.06. The van der Waals surface area contributed by atoms with Gasteiger partial charge in [0.15, 0.2) is 0 Å². The predicted molar refractivity (Wildman–Crippen MR) is 84.2 cm³/mol. The molecule has 0 bridgehead atoms. The maximum absolute atomic E-state index is 9.90. The first-order chi connectivity index (χ1) is 8.73. The van der Waals surface area contributed by atoms with Gasteiger partial charge in [-0.25, -0.2) is 0 Å². The Bertz CT molecular complexity index is 256. The second-order valence-electron chi connectivity index (χ2n) is 5.68. The quantitative estimate of drug-likeness (QED) is 0.624. The van der Waals surface area contributed by atoms with Crippen LogP contribution < -0.4 is 5.32 Å². The average molecular weight is 271 g/mol. The highest BCUT2D eigenvalue weighted by Crippen LogP contribution is 2.19. The molecule has 0 aliphatic heterocycles. The van der Waals surface area contributed by atoms with Crippen LogP contribution >= 0.6 is 0 Å². The summed E-state index contributed by atoms with van der Waals surface area (Å²) < 4.78 is 0. The van der Waals surface area contributed by atoms with E-state index in [0.717, 1.165) is 5.57 Å². The van der Waals surface area contributed by atoms with Gasteiger partial charge >= 0.3 is 0 Å². The Labute approximate surface area is 119 Å². The summed E-state index contributed by atoms with van der Waals surface area (Å²) in [5.74, 6) is -0.00786. The van der Waals surface area contributed by atoms with Crippen molar-refractivity contribution in [1.82, 2.24) is 5.32 Å². The Hall–Kier alpha value is -0.640. The van der Waals surface area contributed by atoms with Crippen molar-refractivity contribution in [2.45, 2.75) is 53.7 Å². The second kappa shape index (κ2) is 10.2. The van der Waals surface area contributed by atoms with E-state index in [4.69, 9.17) is 0 Å². The third-order valence-corrected chi connectivity index (χ3v) is 3.09. The maximum atomic E-state index is 9.90. The van der Waals surface area contributed by atoms with Gasteiger partial charge in [-0.1, -0.05) is 54.2 Å². The lowest BCUT2D eigenvalue weighted by molar-refractivity contribution is 0.149. The number of hydrogen-bond acceptors (Lipinski definition) is 3. The summed E-state index contributed by atoms with van der Waals surface area (Å²) in [7, 11) is 0. The molecule has 0 aliphatic rings. The molecule has 19 heavy (non-hydrogen) atoms. The molecule has 0 rings (SSSR count). The van der Waals surface area contributed by atoms with Crippen molar-refractivity contribution in [3.05, 3.63) is 24.8 Å². The Morgan fingerprint density at radius 1 is 1.32 bits per heavy atom. The molecule has 0 amide bonds. The van der Waals surface area contributed by atoms with E-state index in [1.807, 2.05) is 20.8 Å².